The van der Waals surface area contributed by atoms with Crippen molar-refractivity contribution >= 4 is 11.8 Å². The van der Waals surface area contributed by atoms with Crippen LogP contribution in [0.15, 0.2) is 34.3 Å². The van der Waals surface area contributed by atoms with E-state index < -0.39 is 18.8 Å². The Hall–Kier alpha value is -1.30. The van der Waals surface area contributed by atoms with Gasteiger partial charge in [-0.1, -0.05) is 17.2 Å². The van der Waals surface area contributed by atoms with E-state index in [0.29, 0.717) is 6.42 Å². The molecule has 1 rings (SSSR count). The van der Waals surface area contributed by atoms with Gasteiger partial charge in [-0.3, -0.25) is 8.78 Å². The second-order valence-corrected chi connectivity index (χ2v) is 5.21. The molecule has 7 heteroatoms. The highest BCUT2D eigenvalue weighted by molar-refractivity contribution is 7.99. The number of halogens is 2. The molecule has 0 fully saturated rings. The number of methoxy groups -OCH3 is 1. The molecule has 0 bridgehead atoms. The molecule has 20 heavy (non-hydrogen) atoms. The minimum absolute atomic E-state index is 0.318. The highest BCUT2D eigenvalue weighted by Crippen LogP contribution is 2.26. The van der Waals surface area contributed by atoms with E-state index in [9.17, 15) is 8.78 Å². The van der Waals surface area contributed by atoms with Gasteiger partial charge in [0.15, 0.2) is 0 Å². The molecule has 0 heterocycles. The molecule has 0 aliphatic carbocycles. The van der Waals surface area contributed by atoms with Crippen molar-refractivity contribution < 1.29 is 13.5 Å². The Balaban J connectivity index is 2.76. The zero-order valence-corrected chi connectivity index (χ0v) is 12.0. The Morgan fingerprint density at radius 2 is 2.05 bits per heavy atom. The summed E-state index contributed by atoms with van der Waals surface area (Å²) in [4.78, 5) is 3.65. The number of azide groups is 1. The minimum Gasteiger partial charge on any atom is -0.376 e. The molecule has 4 nitrogen and oxygen atoms in total. The summed E-state index contributed by atoms with van der Waals surface area (Å²) in [5.41, 5.74) is 9.17. The highest BCUT2D eigenvalue weighted by Gasteiger charge is 2.21. The highest BCUT2D eigenvalue weighted by atomic mass is 32.2. The van der Waals surface area contributed by atoms with Crippen molar-refractivity contribution in [3.8, 4) is 0 Å². The zero-order chi connectivity index (χ0) is 14.8. The van der Waals surface area contributed by atoms with Crippen LogP contribution in [0.4, 0.5) is 8.78 Å². The molecule has 2 atom stereocenters. The van der Waals surface area contributed by atoms with Crippen LogP contribution in [0.25, 0.3) is 10.4 Å². The monoisotopic (exact) mass is 301 g/mol. The maximum Gasteiger partial charge on any atom is 0.101 e. The van der Waals surface area contributed by atoms with E-state index in [-0.39, 0.29) is 6.67 Å². The summed E-state index contributed by atoms with van der Waals surface area (Å²) in [6.07, 6.45) is -0.0886. The van der Waals surface area contributed by atoms with Gasteiger partial charge in [-0.2, -0.15) is 0 Å². The molecule has 0 radical (unpaired) electrons. The Bertz CT molecular complexity index is 438. The lowest BCUT2D eigenvalue weighted by Gasteiger charge is -2.20. The van der Waals surface area contributed by atoms with Crippen LogP contribution in [0.2, 0.25) is 0 Å². The topological polar surface area (TPSA) is 58.0 Å². The van der Waals surface area contributed by atoms with Gasteiger partial charge in [0, 0.05) is 22.7 Å². The quantitative estimate of drug-likeness (QED) is 0.222. The van der Waals surface area contributed by atoms with Gasteiger partial charge in [0.1, 0.15) is 6.67 Å². The number of alkyl halides is 2. The first-order valence-electron chi connectivity index (χ1n) is 6.18. The van der Waals surface area contributed by atoms with E-state index in [4.69, 9.17) is 10.3 Å². The smallest absolute Gasteiger partial charge is 0.101 e. The van der Waals surface area contributed by atoms with Crippen LogP contribution in [-0.2, 0) is 4.74 Å². The predicted octanol–water partition coefficient (Wildman–Crippen LogP) is 4.47. The molecule has 0 N–H and O–H groups in total. The van der Waals surface area contributed by atoms with Crippen LogP contribution < -0.4 is 0 Å². The second kappa shape index (κ2) is 9.58. The third-order valence-electron chi connectivity index (χ3n) is 2.72. The van der Waals surface area contributed by atoms with Crippen molar-refractivity contribution in [1.82, 2.24) is 0 Å². The standard InChI is InChI=1S/C13H17F2N3OS/c1-19-13(12(9-15)17-18-16)10-3-5-11(6-4-10)20-8-2-7-14/h3-6,12-13H,2,7-9H2,1H3/t12-,13-/m1/s1. The van der Waals surface area contributed by atoms with Gasteiger partial charge in [0.25, 0.3) is 0 Å². The first-order valence-corrected chi connectivity index (χ1v) is 7.17. The first-order chi connectivity index (χ1) is 9.76. The van der Waals surface area contributed by atoms with Crippen molar-refractivity contribution in [3.63, 3.8) is 0 Å². The van der Waals surface area contributed by atoms with Gasteiger partial charge < -0.3 is 4.74 Å². The third kappa shape index (κ3) is 5.00. The third-order valence-corrected chi connectivity index (χ3v) is 3.82. The molecule has 0 aliphatic rings. The molecule has 0 spiro atoms. The fraction of sp³-hybridized carbons (Fsp3) is 0.538. The predicted molar refractivity (Wildman–Crippen MR) is 76.4 cm³/mol. The average Bonchev–Trinajstić information content (AvgIpc) is 2.49. The summed E-state index contributed by atoms with van der Waals surface area (Å²) in [5.74, 6) is 0.718. The van der Waals surface area contributed by atoms with Gasteiger partial charge >= 0.3 is 0 Å². The van der Waals surface area contributed by atoms with Crippen LogP contribution >= 0.6 is 11.8 Å². The summed E-state index contributed by atoms with van der Waals surface area (Å²) >= 11 is 1.56. The fourth-order valence-electron chi connectivity index (χ4n) is 1.75. The van der Waals surface area contributed by atoms with Crippen molar-refractivity contribution in [2.24, 2.45) is 5.11 Å². The lowest BCUT2D eigenvalue weighted by atomic mass is 10.0. The van der Waals surface area contributed by atoms with Crippen molar-refractivity contribution in [2.45, 2.75) is 23.5 Å². The second-order valence-electron chi connectivity index (χ2n) is 4.04. The number of thioether (sulfide) groups is 1. The number of rotatable bonds is 9. The maximum atomic E-state index is 12.9. The van der Waals surface area contributed by atoms with Gasteiger partial charge in [-0.25, -0.2) is 0 Å². The van der Waals surface area contributed by atoms with Gasteiger partial charge in [-0.05, 0) is 29.6 Å². The number of nitrogens with zero attached hydrogens (tertiary/aromatic N) is 3. The Morgan fingerprint density at radius 1 is 1.35 bits per heavy atom. The molecule has 1 aromatic carbocycles. The van der Waals surface area contributed by atoms with Gasteiger partial charge in [0.2, 0.25) is 0 Å². The van der Waals surface area contributed by atoms with Crippen molar-refractivity contribution in [1.29, 1.82) is 0 Å². The van der Waals surface area contributed by atoms with Crippen molar-refractivity contribution in [3.05, 3.63) is 40.3 Å². The number of ether oxygens (including phenoxy) is 1. The summed E-state index contributed by atoms with van der Waals surface area (Å²) in [6.45, 7) is -1.10. The normalized spacial score (nSPS) is 13.6. The van der Waals surface area contributed by atoms with Crippen LogP contribution in [0.1, 0.15) is 18.1 Å². The molecule has 110 valence electrons. The lowest BCUT2D eigenvalue weighted by molar-refractivity contribution is 0.0721. The molecule has 0 aromatic heterocycles. The number of benzene rings is 1. The molecule has 0 aliphatic heterocycles. The van der Waals surface area contributed by atoms with E-state index in [1.165, 1.54) is 7.11 Å². The fourth-order valence-corrected chi connectivity index (χ4v) is 2.57. The van der Waals surface area contributed by atoms with Crippen LogP contribution in [0.5, 0.6) is 0 Å². The maximum absolute atomic E-state index is 12.9. The Labute approximate surface area is 121 Å². The van der Waals surface area contributed by atoms with Crippen LogP contribution in [0, 0.1) is 0 Å². The summed E-state index contributed by atoms with van der Waals surface area (Å²) in [5, 5.41) is 3.41. The van der Waals surface area contributed by atoms with Gasteiger partial charge in [0.05, 0.1) is 18.8 Å². The van der Waals surface area contributed by atoms with E-state index in [2.05, 4.69) is 10.0 Å². The number of hydrogen-bond acceptors (Lipinski definition) is 3. The SMILES string of the molecule is CO[C@H](c1ccc(SCCCF)cc1)[C@@H](CF)N=[N+]=[N-]. The van der Waals surface area contributed by atoms with Crippen molar-refractivity contribution in [2.75, 3.05) is 26.2 Å². The van der Waals surface area contributed by atoms with Crippen LogP contribution in [-0.4, -0.2) is 32.3 Å². The molecular formula is C13H17F2N3OS. The molecule has 0 saturated heterocycles. The van der Waals surface area contributed by atoms with Gasteiger partial charge in [-0.15, -0.1) is 11.8 Å². The molecule has 1 aromatic rings. The molecule has 0 amide bonds. The summed E-state index contributed by atoms with van der Waals surface area (Å²) in [6, 6.07) is 6.48. The number of hydrogen-bond donors (Lipinski definition) is 0. The van der Waals surface area contributed by atoms with Crippen LogP contribution in [0.3, 0.4) is 0 Å². The molecular weight excluding hydrogens is 284 g/mol. The average molecular weight is 301 g/mol. The van der Waals surface area contributed by atoms with E-state index in [1.807, 2.05) is 24.3 Å². The summed E-state index contributed by atoms with van der Waals surface area (Å²) in [7, 11) is 1.45. The molecule has 0 unspecified atom stereocenters. The van der Waals surface area contributed by atoms with E-state index >= 15 is 0 Å². The first kappa shape index (κ1) is 16.8. The zero-order valence-electron chi connectivity index (χ0n) is 11.2. The van der Waals surface area contributed by atoms with E-state index in [0.717, 1.165) is 16.2 Å². The van der Waals surface area contributed by atoms with E-state index in [1.54, 1.807) is 11.8 Å². The Kier molecular flexibility index (Phi) is 8.02. The summed E-state index contributed by atoms with van der Waals surface area (Å²) < 4.78 is 30.1. The molecule has 0 saturated carbocycles. The minimum atomic E-state index is -0.880. The largest absolute Gasteiger partial charge is 0.376 e. The Morgan fingerprint density at radius 3 is 2.55 bits per heavy atom. The lowest BCUT2D eigenvalue weighted by Crippen LogP contribution is -2.20.